The molecule has 0 spiro atoms. The molecule has 0 aliphatic heterocycles. The van der Waals surface area contributed by atoms with Crippen LogP contribution in [-0.4, -0.2) is 30.6 Å². The number of nitrogens with zero attached hydrogens (tertiary/aromatic N) is 1. The number of ether oxygens (including phenoxy) is 2. The molecule has 0 aliphatic carbocycles. The number of anilines is 1. The van der Waals surface area contributed by atoms with Crippen LogP contribution in [-0.2, 0) is 9.53 Å². The number of amides is 1. The molecule has 4 aromatic rings. The van der Waals surface area contributed by atoms with Gasteiger partial charge in [-0.2, -0.15) is 0 Å². The largest absolute Gasteiger partial charge is 0.484 e. The second-order valence-corrected chi connectivity index (χ2v) is 8.83. The molecule has 0 radical (unpaired) electrons. The summed E-state index contributed by atoms with van der Waals surface area (Å²) in [6, 6.07) is 11.1. The summed E-state index contributed by atoms with van der Waals surface area (Å²) in [6.07, 6.45) is 0. The molecule has 170 valence electrons. The first-order valence-corrected chi connectivity index (χ1v) is 11.2. The monoisotopic (exact) mass is 484 g/mol. The van der Waals surface area contributed by atoms with Crippen LogP contribution >= 0.6 is 22.9 Å². The van der Waals surface area contributed by atoms with Crippen LogP contribution in [0.1, 0.15) is 27.2 Å². The number of para-hydroxylation sites is 1. The molecule has 9 heteroatoms. The number of carbonyl (C=O) groups is 2. The first-order chi connectivity index (χ1) is 15.8. The van der Waals surface area contributed by atoms with Crippen molar-refractivity contribution in [3.05, 3.63) is 63.9 Å². The fourth-order valence-corrected chi connectivity index (χ4v) is 4.59. The van der Waals surface area contributed by atoms with Crippen molar-refractivity contribution in [1.29, 1.82) is 0 Å². The van der Waals surface area contributed by atoms with Gasteiger partial charge in [-0.25, -0.2) is 9.78 Å². The van der Waals surface area contributed by atoms with Crippen molar-refractivity contribution in [2.75, 3.05) is 19.0 Å². The number of esters is 1. The number of aryl methyl sites for hydroxylation is 3. The van der Waals surface area contributed by atoms with Gasteiger partial charge in [0.2, 0.25) is 5.88 Å². The second-order valence-electron chi connectivity index (χ2n) is 7.42. The summed E-state index contributed by atoms with van der Waals surface area (Å²) in [6.45, 7) is 5.11. The van der Waals surface area contributed by atoms with Crippen molar-refractivity contribution >= 4 is 50.9 Å². The van der Waals surface area contributed by atoms with E-state index >= 15 is 0 Å². The maximum atomic E-state index is 12.7. The lowest BCUT2D eigenvalue weighted by atomic mass is 10.1. The maximum absolute atomic E-state index is 12.7. The SMILES string of the molecule is COC(=O)c1c(C)oc(NC(=O)COc2cc(C)c(Cl)c(C)c2)c1-c1nc2ccccc2s1. The third-order valence-electron chi connectivity index (χ3n) is 5.01. The highest BCUT2D eigenvalue weighted by atomic mass is 35.5. The number of carbonyl (C=O) groups excluding carboxylic acids is 2. The van der Waals surface area contributed by atoms with E-state index in [9.17, 15) is 9.59 Å². The van der Waals surface area contributed by atoms with Gasteiger partial charge in [0.05, 0.1) is 22.9 Å². The highest BCUT2D eigenvalue weighted by molar-refractivity contribution is 7.21. The van der Waals surface area contributed by atoms with Crippen LogP contribution in [0.25, 0.3) is 20.8 Å². The zero-order chi connectivity index (χ0) is 23.7. The Balaban J connectivity index is 1.63. The number of furan rings is 1. The molecule has 2 heterocycles. The highest BCUT2D eigenvalue weighted by Crippen LogP contribution is 2.40. The summed E-state index contributed by atoms with van der Waals surface area (Å²) in [7, 11) is 1.29. The van der Waals surface area contributed by atoms with E-state index in [1.807, 2.05) is 38.1 Å². The van der Waals surface area contributed by atoms with Gasteiger partial charge in [0, 0.05) is 5.02 Å². The van der Waals surface area contributed by atoms with Crippen LogP contribution < -0.4 is 10.1 Å². The number of methoxy groups -OCH3 is 1. The van der Waals surface area contributed by atoms with E-state index in [1.54, 1.807) is 19.1 Å². The molecule has 0 unspecified atom stereocenters. The number of hydrogen-bond donors (Lipinski definition) is 1. The minimum absolute atomic E-state index is 0.115. The lowest BCUT2D eigenvalue weighted by Gasteiger charge is -2.10. The molecule has 1 N–H and O–H groups in total. The molecule has 33 heavy (non-hydrogen) atoms. The van der Waals surface area contributed by atoms with Crippen LogP contribution in [0.5, 0.6) is 5.75 Å². The van der Waals surface area contributed by atoms with Crippen molar-refractivity contribution in [2.45, 2.75) is 20.8 Å². The summed E-state index contributed by atoms with van der Waals surface area (Å²) in [5.41, 5.74) is 3.09. The van der Waals surface area contributed by atoms with Crippen molar-refractivity contribution in [2.24, 2.45) is 0 Å². The average Bonchev–Trinajstić information content (AvgIpc) is 3.35. The number of hydrogen-bond acceptors (Lipinski definition) is 7. The lowest BCUT2D eigenvalue weighted by molar-refractivity contribution is -0.118. The van der Waals surface area contributed by atoms with Crippen LogP contribution in [0.15, 0.2) is 40.8 Å². The van der Waals surface area contributed by atoms with Crippen molar-refractivity contribution < 1.29 is 23.5 Å². The Hall–Kier alpha value is -3.36. The third kappa shape index (κ3) is 4.58. The van der Waals surface area contributed by atoms with E-state index in [0.29, 0.717) is 27.1 Å². The maximum Gasteiger partial charge on any atom is 0.342 e. The molecule has 4 rings (SSSR count). The number of aromatic nitrogens is 1. The Bertz CT molecular complexity index is 1320. The number of halogens is 1. The first-order valence-electron chi connectivity index (χ1n) is 10.1. The Labute approximate surface area is 199 Å². The lowest BCUT2D eigenvalue weighted by Crippen LogP contribution is -2.20. The van der Waals surface area contributed by atoms with E-state index in [0.717, 1.165) is 21.3 Å². The molecule has 0 saturated heterocycles. The predicted molar refractivity (Wildman–Crippen MR) is 128 cm³/mol. The standard InChI is InChI=1S/C24H21ClN2O5S/c1-12-9-15(10-13(2)21(12)25)31-11-18(28)27-22-20(19(14(3)32-22)24(29)30-4)23-26-16-7-5-6-8-17(16)33-23/h5-10H,11H2,1-4H3,(H,27,28). The fourth-order valence-electron chi connectivity index (χ4n) is 3.46. The quantitative estimate of drug-likeness (QED) is 0.340. The molecule has 0 bridgehead atoms. The smallest absolute Gasteiger partial charge is 0.342 e. The molecule has 7 nitrogen and oxygen atoms in total. The topological polar surface area (TPSA) is 90.7 Å². The molecular formula is C24H21ClN2O5S. The molecular weight excluding hydrogens is 464 g/mol. The zero-order valence-electron chi connectivity index (χ0n) is 18.4. The number of nitrogens with one attached hydrogen (secondary N) is 1. The van der Waals surface area contributed by atoms with E-state index in [2.05, 4.69) is 10.3 Å². The summed E-state index contributed by atoms with van der Waals surface area (Å²) in [4.78, 5) is 29.8. The number of benzene rings is 2. The van der Waals surface area contributed by atoms with Crippen LogP contribution in [0.3, 0.4) is 0 Å². The van der Waals surface area contributed by atoms with Crippen molar-refractivity contribution in [3.63, 3.8) is 0 Å². The first kappa shape index (κ1) is 22.8. The fraction of sp³-hybridized carbons (Fsp3) is 0.208. The minimum atomic E-state index is -0.575. The molecule has 0 aliphatic rings. The van der Waals surface area contributed by atoms with E-state index < -0.39 is 11.9 Å². The van der Waals surface area contributed by atoms with Gasteiger partial charge in [0.1, 0.15) is 22.1 Å². The van der Waals surface area contributed by atoms with E-state index in [4.69, 9.17) is 25.5 Å². The summed E-state index contributed by atoms with van der Waals surface area (Å²) in [5, 5.41) is 3.90. The molecule has 2 aromatic carbocycles. The van der Waals surface area contributed by atoms with Crippen LogP contribution in [0, 0.1) is 20.8 Å². The van der Waals surface area contributed by atoms with Crippen molar-refractivity contribution in [1.82, 2.24) is 4.98 Å². The summed E-state index contributed by atoms with van der Waals surface area (Å²) < 4.78 is 17.3. The molecule has 1 amide bonds. The second kappa shape index (κ2) is 9.25. The molecule has 0 fully saturated rings. The highest BCUT2D eigenvalue weighted by Gasteiger charge is 2.28. The number of thiazole rings is 1. The van der Waals surface area contributed by atoms with Gasteiger partial charge in [-0.1, -0.05) is 23.7 Å². The Kier molecular flexibility index (Phi) is 6.40. The Morgan fingerprint density at radius 3 is 2.52 bits per heavy atom. The van der Waals surface area contributed by atoms with Gasteiger partial charge in [-0.15, -0.1) is 11.3 Å². The average molecular weight is 485 g/mol. The predicted octanol–water partition coefficient (Wildman–Crippen LogP) is 5.94. The van der Waals surface area contributed by atoms with Crippen molar-refractivity contribution in [3.8, 4) is 16.3 Å². The van der Waals surface area contributed by atoms with E-state index in [1.165, 1.54) is 18.4 Å². The van der Waals surface area contributed by atoms with Gasteiger partial charge in [0.25, 0.3) is 5.91 Å². The summed E-state index contributed by atoms with van der Waals surface area (Å²) >= 11 is 7.58. The third-order valence-corrected chi connectivity index (χ3v) is 6.66. The summed E-state index contributed by atoms with van der Waals surface area (Å²) in [5.74, 6) is -0.0655. The van der Waals surface area contributed by atoms with Crippen LogP contribution in [0.2, 0.25) is 5.02 Å². The zero-order valence-corrected chi connectivity index (χ0v) is 20.0. The van der Waals surface area contributed by atoms with Gasteiger partial charge in [-0.3, -0.25) is 10.1 Å². The van der Waals surface area contributed by atoms with Crippen LogP contribution in [0.4, 0.5) is 5.88 Å². The van der Waals surface area contributed by atoms with E-state index in [-0.39, 0.29) is 18.1 Å². The number of rotatable bonds is 6. The molecule has 2 aromatic heterocycles. The van der Waals surface area contributed by atoms with Gasteiger partial charge in [0.15, 0.2) is 6.61 Å². The van der Waals surface area contributed by atoms with Gasteiger partial charge in [-0.05, 0) is 56.2 Å². The van der Waals surface area contributed by atoms with Gasteiger partial charge < -0.3 is 13.9 Å². The molecule has 0 atom stereocenters. The molecule has 0 saturated carbocycles. The normalized spacial score (nSPS) is 10.9. The number of fused-ring (bicyclic) bond motifs is 1. The van der Waals surface area contributed by atoms with Gasteiger partial charge >= 0.3 is 5.97 Å². The Morgan fingerprint density at radius 2 is 1.85 bits per heavy atom. The Morgan fingerprint density at radius 1 is 1.15 bits per heavy atom. The minimum Gasteiger partial charge on any atom is -0.484 e.